The van der Waals surface area contributed by atoms with Gasteiger partial charge in [-0.1, -0.05) is 0 Å². The predicted molar refractivity (Wildman–Crippen MR) is 83.5 cm³/mol. The molecule has 1 heterocycles. The zero-order valence-corrected chi connectivity index (χ0v) is 13.0. The lowest BCUT2D eigenvalue weighted by atomic mass is 10.1. The van der Waals surface area contributed by atoms with Crippen LogP contribution in [0.1, 0.15) is 37.8 Å². The molecule has 2 rings (SSSR count). The molecule has 0 radical (unpaired) electrons. The van der Waals surface area contributed by atoms with Crippen molar-refractivity contribution in [3.63, 3.8) is 0 Å². The Morgan fingerprint density at radius 3 is 2.67 bits per heavy atom. The van der Waals surface area contributed by atoms with Crippen molar-refractivity contribution in [2.45, 2.75) is 33.2 Å². The quantitative estimate of drug-likeness (QED) is 0.667. The standard InChI is InChI=1S/C16H23N3O2/c1-12(17-18-13(2)20)14-6-7-16(21-3)15(10-14)11-19-8-4-5-9-19/h6-7,10H,4-5,8-9,11H2,1-3H3,(H,18,20)/b17-12-. The molecule has 1 N–H and O–H groups in total. The van der Waals surface area contributed by atoms with Gasteiger partial charge in [-0.05, 0) is 56.6 Å². The summed E-state index contributed by atoms with van der Waals surface area (Å²) in [6.45, 7) is 6.52. The molecular weight excluding hydrogens is 266 g/mol. The molecule has 0 spiro atoms. The molecule has 5 heteroatoms. The first-order chi connectivity index (χ1) is 10.1. The molecule has 0 bridgehead atoms. The first-order valence-electron chi connectivity index (χ1n) is 7.30. The third-order valence-electron chi connectivity index (χ3n) is 3.67. The van der Waals surface area contributed by atoms with Gasteiger partial charge in [-0.25, -0.2) is 5.43 Å². The van der Waals surface area contributed by atoms with Crippen LogP contribution in [-0.2, 0) is 11.3 Å². The number of rotatable bonds is 5. The van der Waals surface area contributed by atoms with Crippen molar-refractivity contribution in [2.24, 2.45) is 5.10 Å². The van der Waals surface area contributed by atoms with Gasteiger partial charge in [0.2, 0.25) is 5.91 Å². The summed E-state index contributed by atoms with van der Waals surface area (Å²) in [6, 6.07) is 6.03. The number of hydrogen-bond acceptors (Lipinski definition) is 4. The van der Waals surface area contributed by atoms with Gasteiger partial charge in [0.1, 0.15) is 5.75 Å². The number of likely N-dealkylation sites (tertiary alicyclic amines) is 1. The molecule has 1 amide bonds. The maximum Gasteiger partial charge on any atom is 0.236 e. The molecule has 1 aliphatic heterocycles. The van der Waals surface area contributed by atoms with Gasteiger partial charge in [0, 0.05) is 19.0 Å². The number of ether oxygens (including phenoxy) is 1. The van der Waals surface area contributed by atoms with Crippen molar-refractivity contribution in [3.8, 4) is 5.75 Å². The summed E-state index contributed by atoms with van der Waals surface area (Å²) in [4.78, 5) is 13.4. The molecule has 0 atom stereocenters. The van der Waals surface area contributed by atoms with Gasteiger partial charge in [0.25, 0.3) is 0 Å². The van der Waals surface area contributed by atoms with E-state index in [1.807, 2.05) is 19.1 Å². The van der Waals surface area contributed by atoms with Crippen molar-refractivity contribution in [1.82, 2.24) is 10.3 Å². The van der Waals surface area contributed by atoms with E-state index in [2.05, 4.69) is 21.5 Å². The molecular formula is C16H23N3O2. The van der Waals surface area contributed by atoms with Crippen LogP contribution in [0.25, 0.3) is 0 Å². The highest BCUT2D eigenvalue weighted by Gasteiger charge is 2.15. The molecule has 0 unspecified atom stereocenters. The number of carbonyl (C=O) groups excluding carboxylic acids is 1. The highest BCUT2D eigenvalue weighted by molar-refractivity contribution is 5.99. The van der Waals surface area contributed by atoms with E-state index in [0.29, 0.717) is 0 Å². The van der Waals surface area contributed by atoms with Gasteiger partial charge in [0.15, 0.2) is 0 Å². The van der Waals surface area contributed by atoms with E-state index in [-0.39, 0.29) is 5.91 Å². The molecule has 0 saturated carbocycles. The molecule has 1 aromatic carbocycles. The van der Waals surface area contributed by atoms with E-state index in [0.717, 1.165) is 42.2 Å². The monoisotopic (exact) mass is 289 g/mol. The summed E-state index contributed by atoms with van der Waals surface area (Å²) >= 11 is 0. The van der Waals surface area contributed by atoms with E-state index in [1.54, 1.807) is 7.11 Å². The molecule has 1 saturated heterocycles. The van der Waals surface area contributed by atoms with Gasteiger partial charge in [0.05, 0.1) is 12.8 Å². The topological polar surface area (TPSA) is 53.9 Å². The van der Waals surface area contributed by atoms with Gasteiger partial charge in [-0.15, -0.1) is 0 Å². The highest BCUT2D eigenvalue weighted by atomic mass is 16.5. The first-order valence-corrected chi connectivity index (χ1v) is 7.30. The summed E-state index contributed by atoms with van der Waals surface area (Å²) < 4.78 is 5.45. The fourth-order valence-corrected chi connectivity index (χ4v) is 2.54. The van der Waals surface area contributed by atoms with Gasteiger partial charge in [-0.2, -0.15) is 5.10 Å². The van der Waals surface area contributed by atoms with Gasteiger partial charge < -0.3 is 4.74 Å². The molecule has 114 valence electrons. The third kappa shape index (κ3) is 4.29. The zero-order valence-electron chi connectivity index (χ0n) is 13.0. The highest BCUT2D eigenvalue weighted by Crippen LogP contribution is 2.23. The fourth-order valence-electron chi connectivity index (χ4n) is 2.54. The second-order valence-corrected chi connectivity index (χ2v) is 5.38. The van der Waals surface area contributed by atoms with Crippen molar-refractivity contribution >= 4 is 11.6 Å². The van der Waals surface area contributed by atoms with Crippen LogP contribution in [0.3, 0.4) is 0 Å². The normalized spacial score (nSPS) is 16.0. The number of methoxy groups -OCH3 is 1. The Labute approximate surface area is 126 Å². The molecule has 1 aliphatic rings. The smallest absolute Gasteiger partial charge is 0.236 e. The van der Waals surface area contributed by atoms with Crippen LogP contribution in [0.15, 0.2) is 23.3 Å². The van der Waals surface area contributed by atoms with E-state index in [9.17, 15) is 4.79 Å². The van der Waals surface area contributed by atoms with Crippen LogP contribution < -0.4 is 10.2 Å². The number of nitrogens with one attached hydrogen (secondary N) is 1. The Morgan fingerprint density at radius 1 is 1.33 bits per heavy atom. The Hall–Kier alpha value is -1.88. The minimum absolute atomic E-state index is 0.167. The number of benzene rings is 1. The number of amides is 1. The average Bonchev–Trinajstić information content (AvgIpc) is 2.97. The van der Waals surface area contributed by atoms with Crippen molar-refractivity contribution in [1.29, 1.82) is 0 Å². The third-order valence-corrected chi connectivity index (χ3v) is 3.67. The molecule has 0 aromatic heterocycles. The van der Waals surface area contributed by atoms with E-state index < -0.39 is 0 Å². The molecule has 0 aliphatic carbocycles. The predicted octanol–water partition coefficient (Wildman–Crippen LogP) is 2.15. The minimum Gasteiger partial charge on any atom is -0.496 e. The summed E-state index contributed by atoms with van der Waals surface area (Å²) in [5.41, 5.74) is 5.42. The van der Waals surface area contributed by atoms with E-state index in [1.165, 1.54) is 19.8 Å². The largest absolute Gasteiger partial charge is 0.496 e. The van der Waals surface area contributed by atoms with Crippen LogP contribution in [0.4, 0.5) is 0 Å². The van der Waals surface area contributed by atoms with Crippen LogP contribution in [0, 0.1) is 0 Å². The van der Waals surface area contributed by atoms with Gasteiger partial charge >= 0.3 is 0 Å². The van der Waals surface area contributed by atoms with Crippen LogP contribution >= 0.6 is 0 Å². The average molecular weight is 289 g/mol. The zero-order chi connectivity index (χ0) is 15.2. The lowest BCUT2D eigenvalue weighted by Crippen LogP contribution is -2.19. The maximum atomic E-state index is 10.9. The molecule has 5 nitrogen and oxygen atoms in total. The molecule has 1 aromatic rings. The number of hydrazone groups is 1. The Balaban J connectivity index is 2.19. The first kappa shape index (κ1) is 15.5. The van der Waals surface area contributed by atoms with Crippen molar-refractivity contribution in [3.05, 3.63) is 29.3 Å². The second kappa shape index (κ2) is 7.22. The molecule has 21 heavy (non-hydrogen) atoms. The summed E-state index contributed by atoms with van der Waals surface area (Å²) in [5, 5.41) is 4.09. The summed E-state index contributed by atoms with van der Waals surface area (Å²) in [7, 11) is 1.70. The Kier molecular flexibility index (Phi) is 5.33. The minimum atomic E-state index is -0.167. The number of carbonyl (C=O) groups is 1. The lowest BCUT2D eigenvalue weighted by Gasteiger charge is -2.17. The number of hydrogen-bond donors (Lipinski definition) is 1. The van der Waals surface area contributed by atoms with Gasteiger partial charge in [-0.3, -0.25) is 9.69 Å². The van der Waals surface area contributed by atoms with Crippen LogP contribution in [0.5, 0.6) is 5.75 Å². The Morgan fingerprint density at radius 2 is 2.05 bits per heavy atom. The fraction of sp³-hybridized carbons (Fsp3) is 0.500. The second-order valence-electron chi connectivity index (χ2n) is 5.38. The maximum absolute atomic E-state index is 10.9. The van der Waals surface area contributed by atoms with Crippen molar-refractivity contribution < 1.29 is 9.53 Å². The van der Waals surface area contributed by atoms with E-state index in [4.69, 9.17) is 4.74 Å². The SMILES string of the molecule is COc1ccc(/C(C)=N\NC(C)=O)cc1CN1CCCC1. The lowest BCUT2D eigenvalue weighted by molar-refractivity contribution is -0.118. The van der Waals surface area contributed by atoms with Crippen molar-refractivity contribution in [2.75, 3.05) is 20.2 Å². The van der Waals surface area contributed by atoms with Crippen LogP contribution in [-0.4, -0.2) is 36.7 Å². The summed E-state index contributed by atoms with van der Waals surface area (Å²) in [6.07, 6.45) is 2.54. The number of nitrogens with zero attached hydrogens (tertiary/aromatic N) is 2. The summed E-state index contributed by atoms with van der Waals surface area (Å²) in [5.74, 6) is 0.734. The molecule has 1 fully saturated rings. The van der Waals surface area contributed by atoms with Crippen LogP contribution in [0.2, 0.25) is 0 Å². The Bertz CT molecular complexity index is 534. The van der Waals surface area contributed by atoms with E-state index >= 15 is 0 Å².